The molecule has 0 aliphatic carbocycles. The Kier molecular flexibility index (Phi) is 3.79. The van der Waals surface area contributed by atoms with Crippen LogP contribution < -0.4 is 4.74 Å². The molecule has 0 atom stereocenters. The summed E-state index contributed by atoms with van der Waals surface area (Å²) in [6, 6.07) is 5.99. The minimum Gasteiger partial charge on any atom is -0.494 e. The highest BCUT2D eigenvalue weighted by molar-refractivity contribution is 7.99. The van der Waals surface area contributed by atoms with Gasteiger partial charge in [-0.3, -0.25) is 0 Å². The number of nitrogens with zero attached hydrogens (tertiary/aromatic N) is 4. The van der Waals surface area contributed by atoms with Gasteiger partial charge in [0.05, 0.1) is 12.1 Å². The van der Waals surface area contributed by atoms with E-state index in [0.29, 0.717) is 11.8 Å². The van der Waals surface area contributed by atoms with Crippen molar-refractivity contribution in [3.63, 3.8) is 0 Å². The standard InChI is InChI=1S/C15H16N4OS/c1-4-8-21-15-16-14-13(17-18-15)11-9-10(20-5-2)6-7-12(11)19(14)3/h4,6-7,9H,1,5,8H2,2-3H3. The van der Waals surface area contributed by atoms with Crippen molar-refractivity contribution in [2.45, 2.75) is 12.1 Å². The van der Waals surface area contributed by atoms with Crippen molar-refractivity contribution in [2.75, 3.05) is 12.4 Å². The van der Waals surface area contributed by atoms with Gasteiger partial charge in [0.1, 0.15) is 11.3 Å². The number of ether oxygens (including phenoxy) is 1. The molecule has 0 unspecified atom stereocenters. The van der Waals surface area contributed by atoms with Crippen molar-refractivity contribution in [3.8, 4) is 5.75 Å². The van der Waals surface area contributed by atoms with Crippen LogP contribution >= 0.6 is 11.8 Å². The van der Waals surface area contributed by atoms with E-state index in [1.807, 2.05) is 42.8 Å². The lowest BCUT2D eigenvalue weighted by molar-refractivity contribution is 0.341. The Hall–Kier alpha value is -2.08. The third kappa shape index (κ3) is 2.47. The third-order valence-electron chi connectivity index (χ3n) is 3.19. The predicted molar refractivity (Wildman–Crippen MR) is 85.9 cm³/mol. The van der Waals surface area contributed by atoms with Crippen molar-refractivity contribution >= 4 is 33.8 Å². The van der Waals surface area contributed by atoms with E-state index in [9.17, 15) is 0 Å². The van der Waals surface area contributed by atoms with E-state index in [-0.39, 0.29) is 0 Å². The Morgan fingerprint density at radius 3 is 3.00 bits per heavy atom. The van der Waals surface area contributed by atoms with Gasteiger partial charge in [0.15, 0.2) is 5.65 Å². The molecule has 0 spiro atoms. The first-order valence-electron chi connectivity index (χ1n) is 6.74. The molecule has 0 fully saturated rings. The number of aromatic nitrogens is 4. The van der Waals surface area contributed by atoms with E-state index < -0.39 is 0 Å². The van der Waals surface area contributed by atoms with Crippen LogP contribution in [0.1, 0.15) is 6.92 Å². The molecule has 0 N–H and O–H groups in total. The van der Waals surface area contributed by atoms with Crippen molar-refractivity contribution in [3.05, 3.63) is 30.9 Å². The Balaban J connectivity index is 2.17. The molecule has 3 rings (SSSR count). The molecule has 2 aromatic heterocycles. The largest absolute Gasteiger partial charge is 0.494 e. The molecular weight excluding hydrogens is 284 g/mol. The molecule has 0 aliphatic heterocycles. The number of hydrogen-bond acceptors (Lipinski definition) is 5. The molecule has 0 amide bonds. The summed E-state index contributed by atoms with van der Waals surface area (Å²) < 4.78 is 7.59. The van der Waals surface area contributed by atoms with Crippen molar-refractivity contribution in [1.82, 2.24) is 19.7 Å². The number of fused-ring (bicyclic) bond motifs is 3. The van der Waals surface area contributed by atoms with Crippen LogP contribution in [0.25, 0.3) is 22.1 Å². The van der Waals surface area contributed by atoms with Crippen molar-refractivity contribution < 1.29 is 4.74 Å². The minimum absolute atomic E-state index is 0.641. The third-order valence-corrected chi connectivity index (χ3v) is 4.03. The summed E-state index contributed by atoms with van der Waals surface area (Å²) in [5, 5.41) is 10.2. The van der Waals surface area contributed by atoms with Gasteiger partial charge < -0.3 is 9.30 Å². The van der Waals surface area contributed by atoms with Crippen LogP contribution in [-0.4, -0.2) is 32.1 Å². The fourth-order valence-corrected chi connectivity index (χ4v) is 2.79. The summed E-state index contributed by atoms with van der Waals surface area (Å²) in [7, 11) is 1.99. The van der Waals surface area contributed by atoms with Crippen LogP contribution in [-0.2, 0) is 7.05 Å². The van der Waals surface area contributed by atoms with Gasteiger partial charge in [-0.1, -0.05) is 17.8 Å². The molecule has 1 aromatic carbocycles. The van der Waals surface area contributed by atoms with E-state index in [1.165, 1.54) is 11.8 Å². The lowest BCUT2D eigenvalue weighted by atomic mass is 10.2. The normalized spacial score (nSPS) is 11.1. The molecule has 6 heteroatoms. The van der Waals surface area contributed by atoms with Crippen LogP contribution in [0.3, 0.4) is 0 Å². The minimum atomic E-state index is 0.641. The zero-order chi connectivity index (χ0) is 14.8. The number of aryl methyl sites for hydroxylation is 1. The van der Waals surface area contributed by atoms with Gasteiger partial charge in [-0.2, -0.15) is 0 Å². The maximum absolute atomic E-state index is 5.56. The Morgan fingerprint density at radius 2 is 2.24 bits per heavy atom. The Labute approximate surface area is 127 Å². The first kappa shape index (κ1) is 13.9. The SMILES string of the molecule is C=CCSc1nnc2c3cc(OCC)ccc3n(C)c2n1. The van der Waals surface area contributed by atoms with E-state index in [0.717, 1.165) is 33.6 Å². The van der Waals surface area contributed by atoms with Crippen LogP contribution in [0.2, 0.25) is 0 Å². The fourth-order valence-electron chi connectivity index (χ4n) is 2.27. The monoisotopic (exact) mass is 300 g/mol. The summed E-state index contributed by atoms with van der Waals surface area (Å²) >= 11 is 1.52. The summed E-state index contributed by atoms with van der Waals surface area (Å²) in [6.07, 6.45) is 1.83. The van der Waals surface area contributed by atoms with E-state index in [1.54, 1.807) is 0 Å². The zero-order valence-electron chi connectivity index (χ0n) is 12.0. The molecule has 0 saturated heterocycles. The summed E-state index contributed by atoms with van der Waals surface area (Å²) in [4.78, 5) is 4.59. The molecule has 3 aromatic rings. The lowest BCUT2D eigenvalue weighted by Gasteiger charge is -2.02. The van der Waals surface area contributed by atoms with Crippen LogP contribution in [0.15, 0.2) is 36.0 Å². The first-order valence-corrected chi connectivity index (χ1v) is 7.72. The number of rotatable bonds is 5. The average Bonchev–Trinajstić information content (AvgIpc) is 2.78. The van der Waals surface area contributed by atoms with Gasteiger partial charge >= 0.3 is 0 Å². The smallest absolute Gasteiger partial charge is 0.211 e. The van der Waals surface area contributed by atoms with Gasteiger partial charge in [0.25, 0.3) is 0 Å². The van der Waals surface area contributed by atoms with Crippen LogP contribution in [0.4, 0.5) is 0 Å². The highest BCUT2D eigenvalue weighted by Gasteiger charge is 2.13. The molecule has 108 valence electrons. The highest BCUT2D eigenvalue weighted by atomic mass is 32.2. The number of benzene rings is 1. The van der Waals surface area contributed by atoms with Gasteiger partial charge in [-0.05, 0) is 25.1 Å². The summed E-state index contributed by atoms with van der Waals surface area (Å²) in [6.45, 7) is 6.31. The second kappa shape index (κ2) is 5.73. The average molecular weight is 300 g/mol. The zero-order valence-corrected chi connectivity index (χ0v) is 12.9. The summed E-state index contributed by atoms with van der Waals surface area (Å²) in [5.41, 5.74) is 2.71. The quantitative estimate of drug-likeness (QED) is 0.535. The molecule has 2 heterocycles. The second-order valence-corrected chi connectivity index (χ2v) is 5.52. The molecule has 0 aliphatic rings. The second-order valence-electron chi connectivity index (χ2n) is 4.54. The van der Waals surface area contributed by atoms with E-state index in [4.69, 9.17) is 4.74 Å². The Morgan fingerprint density at radius 1 is 1.38 bits per heavy atom. The lowest BCUT2D eigenvalue weighted by Crippen LogP contribution is -1.95. The summed E-state index contributed by atoms with van der Waals surface area (Å²) in [5.74, 6) is 1.61. The van der Waals surface area contributed by atoms with Gasteiger partial charge in [-0.25, -0.2) is 4.98 Å². The van der Waals surface area contributed by atoms with Crippen molar-refractivity contribution in [1.29, 1.82) is 0 Å². The van der Waals surface area contributed by atoms with E-state index in [2.05, 4.69) is 21.8 Å². The number of hydrogen-bond donors (Lipinski definition) is 0. The molecule has 5 nitrogen and oxygen atoms in total. The maximum Gasteiger partial charge on any atom is 0.211 e. The molecular formula is C15H16N4OS. The van der Waals surface area contributed by atoms with Crippen LogP contribution in [0, 0.1) is 0 Å². The highest BCUT2D eigenvalue weighted by Crippen LogP contribution is 2.29. The predicted octanol–water partition coefficient (Wildman–Crippen LogP) is 3.19. The molecule has 0 bridgehead atoms. The molecule has 0 radical (unpaired) electrons. The van der Waals surface area contributed by atoms with Crippen LogP contribution in [0.5, 0.6) is 5.75 Å². The van der Waals surface area contributed by atoms with Gasteiger partial charge in [-0.15, -0.1) is 16.8 Å². The molecule has 0 saturated carbocycles. The topological polar surface area (TPSA) is 52.8 Å². The number of thioether (sulfide) groups is 1. The van der Waals surface area contributed by atoms with Crippen molar-refractivity contribution in [2.24, 2.45) is 7.05 Å². The van der Waals surface area contributed by atoms with E-state index >= 15 is 0 Å². The van der Waals surface area contributed by atoms with Gasteiger partial charge in [0, 0.05) is 18.2 Å². The fraction of sp³-hybridized carbons (Fsp3) is 0.267. The van der Waals surface area contributed by atoms with Gasteiger partial charge in [0.2, 0.25) is 5.16 Å². The molecule has 21 heavy (non-hydrogen) atoms. The maximum atomic E-state index is 5.56. The first-order chi connectivity index (χ1) is 10.2. The Bertz CT molecular complexity index is 812.